The lowest BCUT2D eigenvalue weighted by Gasteiger charge is -2.48. The molecule has 1 aliphatic rings. The molecule has 1 aliphatic heterocycles. The van der Waals surface area contributed by atoms with Crippen LogP contribution in [0.2, 0.25) is 5.04 Å². The van der Waals surface area contributed by atoms with Crippen LogP contribution in [-0.4, -0.2) is 45.6 Å². The third-order valence-electron chi connectivity index (χ3n) is 17.6. The van der Waals surface area contributed by atoms with E-state index in [2.05, 4.69) is 69.3 Å². The highest BCUT2D eigenvalue weighted by Gasteiger charge is 2.54. The largest absolute Gasteiger partial charge is 0.489 e. The van der Waals surface area contributed by atoms with Crippen LogP contribution in [0.4, 0.5) is 0 Å². The van der Waals surface area contributed by atoms with E-state index in [1.807, 2.05) is 243 Å². The zero-order chi connectivity index (χ0) is 67.6. The van der Waals surface area contributed by atoms with Gasteiger partial charge in [-0.15, -0.1) is 0 Å². The van der Waals surface area contributed by atoms with Gasteiger partial charge in [-0.05, 0) is 72.6 Å². The number of fused-ring (bicyclic) bond motifs is 1. The minimum atomic E-state index is -3.30. The second-order valence-electron chi connectivity index (χ2n) is 25.6. The normalized spacial score (nSPS) is 16.2. The molecule has 13 heteroatoms. The van der Waals surface area contributed by atoms with Crippen LogP contribution < -0.4 is 39.5 Å². The monoisotopic (exact) mass is 1330 g/mol. The maximum absolute atomic E-state index is 16.7. The zero-order valence-electron chi connectivity index (χ0n) is 55.8. The molecule has 5 atom stereocenters. The van der Waals surface area contributed by atoms with Gasteiger partial charge in [-0.25, -0.2) is 0 Å². The average Bonchev–Trinajstić information content (AvgIpc) is 0.751. The SMILES string of the molecule is CC(C)(C)[Si](OC[C@H]1O[C@@H](Oc2c(-c3ccc(OCc4ccccc4)c(OCc4ccccc4)c3)oc3cc(OCc4ccccc4)cc(OCc4ccccc4)c3c2=O)[C@H](OCc2ccccc2)[C@@H](OCc2ccccc2)[C@@H]1OCc1ccccc1)(c1ccccc1)c1ccccc1. The van der Waals surface area contributed by atoms with Crippen molar-refractivity contribution in [2.24, 2.45) is 0 Å². The van der Waals surface area contributed by atoms with Crippen molar-refractivity contribution < 1.29 is 51.5 Å². The fraction of sp³-hybridized carbons (Fsp3) is 0.198. The van der Waals surface area contributed by atoms with Crippen LogP contribution in [0.25, 0.3) is 22.3 Å². The molecule has 12 aromatic rings. The molecule has 2 heterocycles. The molecule has 0 aliphatic carbocycles. The molecule has 500 valence electrons. The van der Waals surface area contributed by atoms with Gasteiger partial charge in [-0.3, -0.25) is 4.79 Å². The first-order valence-corrected chi connectivity index (χ1v) is 35.5. The van der Waals surface area contributed by atoms with E-state index < -0.39 is 49.5 Å². The summed E-state index contributed by atoms with van der Waals surface area (Å²) >= 11 is 0. The molecular formula is C86H80O12Si. The van der Waals surface area contributed by atoms with Crippen LogP contribution in [-0.2, 0) is 69.6 Å². The Labute approximate surface area is 579 Å². The molecule has 0 spiro atoms. The summed E-state index contributed by atoms with van der Waals surface area (Å²) in [6, 6.07) is 99.3. The number of ether oxygens (including phenoxy) is 9. The minimum Gasteiger partial charge on any atom is -0.489 e. The highest BCUT2D eigenvalue weighted by molar-refractivity contribution is 6.99. The van der Waals surface area contributed by atoms with Crippen molar-refractivity contribution >= 4 is 29.7 Å². The lowest BCUT2D eigenvalue weighted by molar-refractivity contribution is -0.307. The van der Waals surface area contributed by atoms with Crippen molar-refractivity contribution in [1.29, 1.82) is 0 Å². The van der Waals surface area contributed by atoms with Crippen LogP contribution in [0, 0.1) is 0 Å². The number of rotatable bonds is 29. The zero-order valence-corrected chi connectivity index (χ0v) is 56.8. The fourth-order valence-corrected chi connectivity index (χ4v) is 17.2. The Kier molecular flexibility index (Phi) is 22.0. The van der Waals surface area contributed by atoms with E-state index in [9.17, 15) is 0 Å². The highest BCUT2D eigenvalue weighted by atomic mass is 28.4. The summed E-state index contributed by atoms with van der Waals surface area (Å²) in [7, 11) is -3.30. The van der Waals surface area contributed by atoms with Gasteiger partial charge in [0.25, 0.3) is 8.32 Å². The summed E-state index contributed by atoms with van der Waals surface area (Å²) in [5, 5.41) is 1.83. The van der Waals surface area contributed by atoms with Crippen LogP contribution in [0.1, 0.15) is 59.7 Å². The van der Waals surface area contributed by atoms with E-state index in [1.165, 1.54) is 0 Å². The van der Waals surface area contributed by atoms with Crippen LogP contribution in [0.5, 0.6) is 28.7 Å². The number of hydrogen-bond acceptors (Lipinski definition) is 12. The maximum Gasteiger partial charge on any atom is 0.261 e. The first-order valence-electron chi connectivity index (χ1n) is 33.6. The van der Waals surface area contributed by atoms with Gasteiger partial charge in [0.15, 0.2) is 17.3 Å². The van der Waals surface area contributed by atoms with E-state index >= 15 is 4.79 Å². The third-order valence-corrected chi connectivity index (χ3v) is 22.6. The maximum atomic E-state index is 16.7. The summed E-state index contributed by atoms with van der Waals surface area (Å²) in [6.07, 6.45) is -5.31. The van der Waals surface area contributed by atoms with Crippen LogP contribution in [0.3, 0.4) is 0 Å². The van der Waals surface area contributed by atoms with Crippen LogP contribution >= 0.6 is 0 Å². The van der Waals surface area contributed by atoms with E-state index in [0.29, 0.717) is 22.8 Å². The Balaban J connectivity index is 1.00. The van der Waals surface area contributed by atoms with Crippen molar-refractivity contribution in [3.05, 3.63) is 352 Å². The smallest absolute Gasteiger partial charge is 0.261 e. The lowest BCUT2D eigenvalue weighted by Crippen LogP contribution is -2.68. The molecule has 0 radical (unpaired) electrons. The second kappa shape index (κ2) is 32.3. The summed E-state index contributed by atoms with van der Waals surface area (Å²) in [4.78, 5) is 16.7. The molecule has 13 rings (SSSR count). The Morgan fingerprint density at radius 2 is 0.768 bits per heavy atom. The molecule has 1 saturated heterocycles. The van der Waals surface area contributed by atoms with Crippen LogP contribution in [0.15, 0.2) is 313 Å². The Morgan fingerprint density at radius 3 is 1.21 bits per heavy atom. The van der Waals surface area contributed by atoms with Crippen molar-refractivity contribution in [3.63, 3.8) is 0 Å². The van der Waals surface area contributed by atoms with Gasteiger partial charge in [0.2, 0.25) is 17.5 Å². The van der Waals surface area contributed by atoms with E-state index in [-0.39, 0.29) is 81.1 Å². The standard InChI is InChI=1S/C86H80O12Si/c1-86(2,3)99(71-45-27-11-28-46-71,72-47-29-12-30-48-72)95-61-77-81(92-58-66-39-21-8-22-40-66)83(93-59-67-41-23-9-24-42-67)84(94-60-68-43-25-10-26-44-68)85(97-77)98-82-79(87)78-75(91-57-65-37-19-7-20-38-65)52-70(88-54-62-31-13-4-14-32-62)53-76(78)96-80(82)69-49-50-73(89-55-63-33-15-5-16-34-63)74(51-69)90-56-64-35-17-6-18-36-64/h4-53,77,81,83-85H,54-61H2,1-3H3/t77-,81-,83+,84-,85+/m1/s1. The second-order valence-corrected chi connectivity index (χ2v) is 29.9. The Bertz CT molecular complexity index is 4490. The third kappa shape index (κ3) is 16.6. The molecule has 99 heavy (non-hydrogen) atoms. The fourth-order valence-electron chi connectivity index (χ4n) is 12.6. The Hall–Kier alpha value is -10.4. The summed E-state index contributed by atoms with van der Waals surface area (Å²) in [5.41, 5.74) is 6.49. The molecule has 0 saturated carbocycles. The van der Waals surface area contributed by atoms with Crippen molar-refractivity contribution in [2.45, 2.75) is 103 Å². The predicted molar refractivity (Wildman–Crippen MR) is 389 cm³/mol. The van der Waals surface area contributed by atoms with Gasteiger partial charge in [-0.2, -0.15) is 0 Å². The molecule has 0 N–H and O–H groups in total. The molecule has 0 amide bonds. The van der Waals surface area contributed by atoms with Gasteiger partial charge >= 0.3 is 0 Å². The molecule has 0 unspecified atom stereocenters. The van der Waals surface area contributed by atoms with Crippen molar-refractivity contribution in [3.8, 4) is 40.1 Å². The van der Waals surface area contributed by atoms with Crippen molar-refractivity contribution in [1.82, 2.24) is 0 Å². The highest BCUT2D eigenvalue weighted by Crippen LogP contribution is 2.44. The van der Waals surface area contributed by atoms with Gasteiger partial charge in [0.05, 0.1) is 26.4 Å². The summed E-state index contributed by atoms with van der Waals surface area (Å²) in [6.45, 7) is 7.96. The molecule has 11 aromatic carbocycles. The number of benzene rings is 11. The predicted octanol–water partition coefficient (Wildman–Crippen LogP) is 17.2. The first kappa shape index (κ1) is 67.2. The van der Waals surface area contributed by atoms with E-state index in [1.54, 1.807) is 12.1 Å². The van der Waals surface area contributed by atoms with Gasteiger partial charge in [0, 0.05) is 17.7 Å². The summed E-state index contributed by atoms with van der Waals surface area (Å²) < 4.78 is 78.8. The van der Waals surface area contributed by atoms with E-state index in [4.69, 9.17) is 51.5 Å². The molecule has 1 aromatic heterocycles. The summed E-state index contributed by atoms with van der Waals surface area (Å²) in [5.74, 6) is 1.31. The van der Waals surface area contributed by atoms with Gasteiger partial charge in [0.1, 0.15) is 73.3 Å². The first-order chi connectivity index (χ1) is 48.6. The van der Waals surface area contributed by atoms with Crippen molar-refractivity contribution in [2.75, 3.05) is 6.61 Å². The average molecular weight is 1330 g/mol. The Morgan fingerprint density at radius 1 is 0.384 bits per heavy atom. The van der Waals surface area contributed by atoms with E-state index in [0.717, 1.165) is 49.3 Å². The molecule has 12 nitrogen and oxygen atoms in total. The molecule has 0 bridgehead atoms. The molecular weight excluding hydrogens is 1250 g/mol. The molecule has 1 fully saturated rings. The quantitative estimate of drug-likeness (QED) is 0.0415. The minimum absolute atomic E-state index is 0.00181. The topological polar surface area (TPSA) is 123 Å². The number of hydrogen-bond donors (Lipinski definition) is 0. The lowest BCUT2D eigenvalue weighted by atomic mass is 9.97. The van der Waals surface area contributed by atoms with Gasteiger partial charge < -0.3 is 51.5 Å². The van der Waals surface area contributed by atoms with Gasteiger partial charge in [-0.1, -0.05) is 294 Å².